The van der Waals surface area contributed by atoms with Crippen LogP contribution in [-0.4, -0.2) is 23.9 Å². The van der Waals surface area contributed by atoms with Gasteiger partial charge < -0.3 is 20.5 Å². The van der Waals surface area contributed by atoms with Crippen LogP contribution in [0.3, 0.4) is 0 Å². The molecule has 1 aliphatic carbocycles. The van der Waals surface area contributed by atoms with Gasteiger partial charge in [-0.2, -0.15) is 0 Å². The standard InChI is InChI=1S/C16H19N3O2/c1-16(2)13(17)7-14(16)19-15-10-6-12-11(20-8-21-12)5-9(10)3-4-18-15/h3-6,13-14H,7-8,17H2,1-2H3,(H,18,19). The molecule has 2 aliphatic rings. The largest absolute Gasteiger partial charge is 0.454 e. The summed E-state index contributed by atoms with van der Waals surface area (Å²) in [7, 11) is 0. The molecule has 2 unspecified atom stereocenters. The van der Waals surface area contributed by atoms with E-state index < -0.39 is 0 Å². The predicted octanol–water partition coefficient (Wildman–Crippen LogP) is 2.50. The van der Waals surface area contributed by atoms with Gasteiger partial charge in [-0.05, 0) is 30.0 Å². The smallest absolute Gasteiger partial charge is 0.231 e. The summed E-state index contributed by atoms with van der Waals surface area (Å²) in [5, 5.41) is 5.69. The molecule has 1 aromatic carbocycles. The molecule has 5 heteroatoms. The summed E-state index contributed by atoms with van der Waals surface area (Å²) in [5.41, 5.74) is 6.17. The Bertz CT molecular complexity index is 714. The predicted molar refractivity (Wildman–Crippen MR) is 81.7 cm³/mol. The zero-order valence-corrected chi connectivity index (χ0v) is 12.2. The van der Waals surface area contributed by atoms with Crippen LogP contribution in [0, 0.1) is 5.41 Å². The van der Waals surface area contributed by atoms with Crippen molar-refractivity contribution in [3.05, 3.63) is 24.4 Å². The molecule has 0 radical (unpaired) electrons. The van der Waals surface area contributed by atoms with Gasteiger partial charge in [0.05, 0.1) is 0 Å². The van der Waals surface area contributed by atoms with Crippen molar-refractivity contribution in [3.63, 3.8) is 0 Å². The van der Waals surface area contributed by atoms with E-state index in [1.54, 1.807) is 0 Å². The number of anilines is 1. The second kappa shape index (κ2) is 4.24. The van der Waals surface area contributed by atoms with Crippen LogP contribution in [-0.2, 0) is 0 Å². The molecule has 2 heterocycles. The summed E-state index contributed by atoms with van der Waals surface area (Å²) >= 11 is 0. The Morgan fingerprint density at radius 2 is 2.05 bits per heavy atom. The fraction of sp³-hybridized carbons (Fsp3) is 0.438. The third kappa shape index (κ3) is 1.84. The summed E-state index contributed by atoms with van der Waals surface area (Å²) in [4.78, 5) is 4.50. The molecule has 0 spiro atoms. The van der Waals surface area contributed by atoms with E-state index in [-0.39, 0.29) is 18.2 Å². The van der Waals surface area contributed by atoms with E-state index in [1.165, 1.54) is 0 Å². The first-order valence-electron chi connectivity index (χ1n) is 7.26. The number of nitrogens with zero attached hydrogens (tertiary/aromatic N) is 1. The number of hydrogen-bond donors (Lipinski definition) is 2. The molecule has 1 aromatic heterocycles. The first-order chi connectivity index (χ1) is 10.1. The molecule has 1 fully saturated rings. The highest BCUT2D eigenvalue weighted by Crippen LogP contribution is 2.43. The van der Waals surface area contributed by atoms with Gasteiger partial charge in [-0.15, -0.1) is 0 Å². The van der Waals surface area contributed by atoms with E-state index in [4.69, 9.17) is 15.2 Å². The van der Waals surface area contributed by atoms with E-state index in [0.717, 1.165) is 34.5 Å². The van der Waals surface area contributed by atoms with Crippen LogP contribution in [0.15, 0.2) is 24.4 Å². The minimum atomic E-state index is 0.0835. The SMILES string of the molecule is CC1(C)C(N)CC1Nc1nccc2cc3c(cc12)OCO3. The Kier molecular flexibility index (Phi) is 2.57. The van der Waals surface area contributed by atoms with Gasteiger partial charge in [-0.3, -0.25) is 0 Å². The lowest BCUT2D eigenvalue weighted by atomic mass is 9.63. The molecular formula is C16H19N3O2. The van der Waals surface area contributed by atoms with Crippen LogP contribution in [0.1, 0.15) is 20.3 Å². The number of hydrogen-bond acceptors (Lipinski definition) is 5. The summed E-state index contributed by atoms with van der Waals surface area (Å²) in [6.07, 6.45) is 2.79. The second-order valence-corrected chi connectivity index (χ2v) is 6.45. The Morgan fingerprint density at radius 1 is 1.29 bits per heavy atom. The monoisotopic (exact) mass is 285 g/mol. The van der Waals surface area contributed by atoms with Crippen LogP contribution in [0.5, 0.6) is 11.5 Å². The van der Waals surface area contributed by atoms with E-state index in [9.17, 15) is 0 Å². The second-order valence-electron chi connectivity index (χ2n) is 6.45. The van der Waals surface area contributed by atoms with Gasteiger partial charge in [-0.25, -0.2) is 4.98 Å². The third-order valence-electron chi connectivity index (χ3n) is 4.91. The normalized spacial score (nSPS) is 25.7. The number of fused-ring (bicyclic) bond motifs is 2. The third-order valence-corrected chi connectivity index (χ3v) is 4.91. The Morgan fingerprint density at radius 3 is 2.76 bits per heavy atom. The molecule has 1 saturated carbocycles. The molecule has 2 atom stereocenters. The average Bonchev–Trinajstić information content (AvgIpc) is 2.92. The quantitative estimate of drug-likeness (QED) is 0.887. The number of ether oxygens (including phenoxy) is 2. The topological polar surface area (TPSA) is 69.4 Å². The van der Waals surface area contributed by atoms with Crippen molar-refractivity contribution in [2.24, 2.45) is 11.1 Å². The van der Waals surface area contributed by atoms with E-state index in [0.29, 0.717) is 6.04 Å². The van der Waals surface area contributed by atoms with E-state index >= 15 is 0 Å². The van der Waals surface area contributed by atoms with Gasteiger partial charge in [0.1, 0.15) is 5.82 Å². The summed E-state index contributed by atoms with van der Waals surface area (Å²) in [6.45, 7) is 4.67. The van der Waals surface area contributed by atoms with E-state index in [2.05, 4.69) is 24.1 Å². The summed E-state index contributed by atoms with van der Waals surface area (Å²) in [6, 6.07) is 6.57. The van der Waals surface area contributed by atoms with Crippen LogP contribution in [0.4, 0.5) is 5.82 Å². The van der Waals surface area contributed by atoms with Crippen molar-refractivity contribution in [2.45, 2.75) is 32.4 Å². The first-order valence-corrected chi connectivity index (χ1v) is 7.26. The highest BCUT2D eigenvalue weighted by Gasteiger charge is 2.46. The van der Waals surface area contributed by atoms with Gasteiger partial charge in [0.25, 0.3) is 0 Å². The fourth-order valence-electron chi connectivity index (χ4n) is 3.05. The molecule has 2 aromatic rings. The maximum Gasteiger partial charge on any atom is 0.231 e. The van der Waals surface area contributed by atoms with Gasteiger partial charge in [0.2, 0.25) is 6.79 Å². The van der Waals surface area contributed by atoms with Gasteiger partial charge >= 0.3 is 0 Å². The molecule has 3 N–H and O–H groups in total. The van der Waals surface area contributed by atoms with Crippen molar-refractivity contribution in [3.8, 4) is 11.5 Å². The zero-order valence-electron chi connectivity index (χ0n) is 12.2. The molecule has 21 heavy (non-hydrogen) atoms. The highest BCUT2D eigenvalue weighted by molar-refractivity contribution is 5.94. The van der Waals surface area contributed by atoms with Crippen LogP contribution < -0.4 is 20.5 Å². The Hall–Kier alpha value is -2.01. The van der Waals surface area contributed by atoms with Crippen molar-refractivity contribution in [1.29, 1.82) is 0 Å². The minimum Gasteiger partial charge on any atom is -0.454 e. The first kappa shape index (κ1) is 12.7. The number of nitrogens with one attached hydrogen (secondary N) is 1. The summed E-state index contributed by atoms with van der Waals surface area (Å²) in [5.74, 6) is 2.46. The molecule has 5 nitrogen and oxygen atoms in total. The minimum absolute atomic E-state index is 0.0835. The lowest BCUT2D eigenvalue weighted by Crippen LogP contribution is -2.61. The number of benzene rings is 1. The Balaban J connectivity index is 1.72. The maximum absolute atomic E-state index is 6.09. The maximum atomic E-state index is 6.09. The average molecular weight is 285 g/mol. The zero-order chi connectivity index (χ0) is 14.6. The van der Waals surface area contributed by atoms with Gasteiger partial charge in [0.15, 0.2) is 11.5 Å². The van der Waals surface area contributed by atoms with Crippen LogP contribution in [0.25, 0.3) is 10.8 Å². The van der Waals surface area contributed by atoms with Gasteiger partial charge in [-0.1, -0.05) is 13.8 Å². The van der Waals surface area contributed by atoms with Crippen molar-refractivity contribution in [1.82, 2.24) is 4.98 Å². The molecule has 0 amide bonds. The van der Waals surface area contributed by atoms with Crippen molar-refractivity contribution in [2.75, 3.05) is 12.1 Å². The lowest BCUT2D eigenvalue weighted by Gasteiger charge is -2.50. The molecule has 4 rings (SSSR count). The number of aromatic nitrogens is 1. The van der Waals surface area contributed by atoms with Crippen LogP contribution in [0.2, 0.25) is 0 Å². The van der Waals surface area contributed by atoms with Gasteiger partial charge in [0, 0.05) is 29.1 Å². The summed E-state index contributed by atoms with van der Waals surface area (Å²) < 4.78 is 10.9. The molecular weight excluding hydrogens is 266 g/mol. The molecule has 110 valence electrons. The highest BCUT2D eigenvalue weighted by atomic mass is 16.7. The van der Waals surface area contributed by atoms with Crippen molar-refractivity contribution < 1.29 is 9.47 Å². The Labute approximate surface area is 123 Å². The molecule has 0 bridgehead atoms. The van der Waals surface area contributed by atoms with E-state index in [1.807, 2.05) is 24.4 Å². The molecule has 0 saturated heterocycles. The molecule has 1 aliphatic heterocycles. The number of nitrogens with two attached hydrogens (primary N) is 1. The number of pyridine rings is 1. The fourth-order valence-corrected chi connectivity index (χ4v) is 3.05. The van der Waals surface area contributed by atoms with Crippen LogP contribution >= 0.6 is 0 Å². The number of rotatable bonds is 2. The lowest BCUT2D eigenvalue weighted by molar-refractivity contribution is 0.117. The van der Waals surface area contributed by atoms with Crippen molar-refractivity contribution >= 4 is 16.6 Å².